The van der Waals surface area contributed by atoms with Gasteiger partial charge in [0, 0.05) is 17.2 Å². The van der Waals surface area contributed by atoms with Crippen LogP contribution in [0.25, 0.3) is 0 Å². The topological polar surface area (TPSA) is 38.7 Å². The van der Waals surface area contributed by atoms with E-state index in [1.807, 2.05) is 6.92 Å². The summed E-state index contributed by atoms with van der Waals surface area (Å²) in [5, 5.41) is 10.9. The van der Waals surface area contributed by atoms with Crippen molar-refractivity contribution in [2.75, 3.05) is 13.2 Å². The SMILES string of the molecule is CCc1c2c(cc(Cl)c1C1(O)CC1)OCCO2. The summed E-state index contributed by atoms with van der Waals surface area (Å²) in [7, 11) is 0. The van der Waals surface area contributed by atoms with Gasteiger partial charge in [0.15, 0.2) is 11.5 Å². The highest BCUT2D eigenvalue weighted by atomic mass is 35.5. The molecule has 2 aliphatic rings. The van der Waals surface area contributed by atoms with Crippen LogP contribution in [0.15, 0.2) is 6.07 Å². The van der Waals surface area contributed by atoms with Crippen LogP contribution in [0.2, 0.25) is 5.02 Å². The highest BCUT2D eigenvalue weighted by Crippen LogP contribution is 2.53. The van der Waals surface area contributed by atoms with Gasteiger partial charge >= 0.3 is 0 Å². The number of halogens is 1. The van der Waals surface area contributed by atoms with E-state index in [0.29, 0.717) is 24.0 Å². The molecule has 0 radical (unpaired) electrons. The number of benzene rings is 1. The summed E-state index contributed by atoms with van der Waals surface area (Å²) in [6.45, 7) is 3.15. The number of hydrogen-bond acceptors (Lipinski definition) is 3. The molecule has 1 aromatic carbocycles. The molecule has 0 bridgehead atoms. The Balaban J connectivity index is 2.20. The van der Waals surface area contributed by atoms with Crippen LogP contribution in [0.1, 0.15) is 30.9 Å². The van der Waals surface area contributed by atoms with E-state index >= 15 is 0 Å². The summed E-state index contributed by atoms with van der Waals surface area (Å²) in [4.78, 5) is 0. The first-order valence-corrected chi connectivity index (χ1v) is 6.37. The predicted octanol–water partition coefficient (Wildman–Crippen LogP) is 2.66. The summed E-state index contributed by atoms with van der Waals surface area (Å²) in [5.74, 6) is 1.46. The predicted molar refractivity (Wildman–Crippen MR) is 65.0 cm³/mol. The Morgan fingerprint density at radius 3 is 2.71 bits per heavy atom. The third kappa shape index (κ3) is 1.69. The van der Waals surface area contributed by atoms with Gasteiger partial charge in [0.05, 0.1) is 10.6 Å². The van der Waals surface area contributed by atoms with Gasteiger partial charge in [-0.2, -0.15) is 0 Å². The van der Waals surface area contributed by atoms with Gasteiger partial charge in [0.25, 0.3) is 0 Å². The zero-order valence-corrected chi connectivity index (χ0v) is 10.5. The Labute approximate surface area is 105 Å². The van der Waals surface area contributed by atoms with Crippen LogP contribution in [-0.2, 0) is 12.0 Å². The van der Waals surface area contributed by atoms with Gasteiger partial charge in [-0.3, -0.25) is 0 Å². The van der Waals surface area contributed by atoms with Crippen molar-refractivity contribution >= 4 is 11.6 Å². The van der Waals surface area contributed by atoms with Gasteiger partial charge in [0.2, 0.25) is 0 Å². The zero-order valence-electron chi connectivity index (χ0n) is 9.75. The zero-order chi connectivity index (χ0) is 12.0. The fourth-order valence-electron chi connectivity index (χ4n) is 2.43. The van der Waals surface area contributed by atoms with Crippen molar-refractivity contribution in [2.45, 2.75) is 31.8 Å². The molecule has 17 heavy (non-hydrogen) atoms. The molecule has 0 amide bonds. The lowest BCUT2D eigenvalue weighted by molar-refractivity contribution is 0.145. The van der Waals surface area contributed by atoms with Crippen LogP contribution < -0.4 is 9.47 Å². The minimum absolute atomic E-state index is 0.552. The summed E-state index contributed by atoms with van der Waals surface area (Å²) in [5.41, 5.74) is 1.09. The Bertz CT molecular complexity index is 466. The van der Waals surface area contributed by atoms with Crippen molar-refractivity contribution in [2.24, 2.45) is 0 Å². The Morgan fingerprint density at radius 1 is 1.35 bits per heavy atom. The van der Waals surface area contributed by atoms with Crippen LogP contribution in [0, 0.1) is 0 Å². The second kappa shape index (κ2) is 3.79. The van der Waals surface area contributed by atoms with Crippen molar-refractivity contribution in [1.82, 2.24) is 0 Å². The highest BCUT2D eigenvalue weighted by Gasteiger charge is 2.46. The van der Waals surface area contributed by atoms with E-state index in [9.17, 15) is 5.11 Å². The van der Waals surface area contributed by atoms with Crippen LogP contribution in [-0.4, -0.2) is 18.3 Å². The van der Waals surface area contributed by atoms with Crippen molar-refractivity contribution in [3.63, 3.8) is 0 Å². The van der Waals surface area contributed by atoms with E-state index in [2.05, 4.69) is 0 Å². The molecular formula is C13H15ClO3. The largest absolute Gasteiger partial charge is 0.486 e. The average Bonchev–Trinajstić information content (AvgIpc) is 3.06. The summed E-state index contributed by atoms with van der Waals surface area (Å²) < 4.78 is 11.2. The lowest BCUT2D eigenvalue weighted by atomic mass is 9.97. The second-order valence-corrected chi connectivity index (χ2v) is 5.03. The maximum atomic E-state index is 10.3. The maximum absolute atomic E-state index is 10.3. The van der Waals surface area contributed by atoms with Crippen molar-refractivity contribution in [1.29, 1.82) is 0 Å². The molecule has 3 rings (SSSR count). The van der Waals surface area contributed by atoms with Gasteiger partial charge in [-0.25, -0.2) is 0 Å². The number of ether oxygens (including phenoxy) is 2. The minimum atomic E-state index is -0.738. The Hall–Kier alpha value is -0.930. The molecule has 1 saturated carbocycles. The normalized spacial score (nSPS) is 20.2. The first-order chi connectivity index (χ1) is 8.15. The van der Waals surface area contributed by atoms with Gasteiger partial charge in [-0.1, -0.05) is 18.5 Å². The van der Waals surface area contributed by atoms with Crippen molar-refractivity contribution in [3.05, 3.63) is 22.2 Å². The number of rotatable bonds is 2. The molecule has 4 heteroatoms. The lowest BCUT2D eigenvalue weighted by Crippen LogP contribution is -2.19. The van der Waals surface area contributed by atoms with Gasteiger partial charge in [0.1, 0.15) is 13.2 Å². The summed E-state index contributed by atoms with van der Waals surface area (Å²) in [6.07, 6.45) is 2.34. The fraction of sp³-hybridized carbons (Fsp3) is 0.538. The van der Waals surface area contributed by atoms with E-state index < -0.39 is 5.60 Å². The standard InChI is InChI=1S/C13H15ClO3/c1-2-8-11(13(15)3-4-13)9(14)7-10-12(8)17-6-5-16-10/h7,15H,2-6H2,1H3. The number of aliphatic hydroxyl groups is 1. The molecule has 1 heterocycles. The average molecular weight is 255 g/mol. The van der Waals surface area contributed by atoms with Crippen LogP contribution in [0.3, 0.4) is 0 Å². The molecular weight excluding hydrogens is 240 g/mol. The summed E-state index contributed by atoms with van der Waals surface area (Å²) >= 11 is 6.27. The molecule has 1 N–H and O–H groups in total. The van der Waals surface area contributed by atoms with E-state index in [0.717, 1.165) is 36.1 Å². The smallest absolute Gasteiger partial charge is 0.165 e. The Kier molecular flexibility index (Phi) is 2.49. The highest BCUT2D eigenvalue weighted by molar-refractivity contribution is 6.31. The van der Waals surface area contributed by atoms with E-state index in [1.165, 1.54) is 0 Å². The molecule has 0 aromatic heterocycles. The first-order valence-electron chi connectivity index (χ1n) is 5.99. The molecule has 0 spiro atoms. The van der Waals surface area contributed by atoms with Gasteiger partial charge < -0.3 is 14.6 Å². The molecule has 3 nitrogen and oxygen atoms in total. The van der Waals surface area contributed by atoms with E-state index in [4.69, 9.17) is 21.1 Å². The molecule has 0 unspecified atom stereocenters. The second-order valence-electron chi connectivity index (χ2n) is 4.62. The molecule has 1 aliphatic carbocycles. The van der Waals surface area contributed by atoms with Crippen LogP contribution in [0.4, 0.5) is 0 Å². The first kappa shape index (κ1) is 11.2. The third-order valence-electron chi connectivity index (χ3n) is 3.43. The minimum Gasteiger partial charge on any atom is -0.486 e. The molecule has 0 saturated heterocycles. The van der Waals surface area contributed by atoms with Crippen molar-refractivity contribution < 1.29 is 14.6 Å². The fourth-order valence-corrected chi connectivity index (χ4v) is 2.82. The Morgan fingerprint density at radius 2 is 2.06 bits per heavy atom. The van der Waals surface area contributed by atoms with E-state index in [-0.39, 0.29) is 0 Å². The monoisotopic (exact) mass is 254 g/mol. The van der Waals surface area contributed by atoms with Crippen LogP contribution >= 0.6 is 11.6 Å². The lowest BCUT2D eigenvalue weighted by Gasteiger charge is -2.25. The van der Waals surface area contributed by atoms with Gasteiger partial charge in [-0.05, 0) is 19.3 Å². The number of fused-ring (bicyclic) bond motifs is 1. The van der Waals surface area contributed by atoms with E-state index in [1.54, 1.807) is 6.07 Å². The quantitative estimate of drug-likeness (QED) is 0.882. The summed E-state index contributed by atoms with van der Waals surface area (Å²) in [6, 6.07) is 1.76. The molecule has 92 valence electrons. The maximum Gasteiger partial charge on any atom is 0.165 e. The number of hydrogen-bond donors (Lipinski definition) is 1. The molecule has 1 aromatic rings. The third-order valence-corrected chi connectivity index (χ3v) is 3.72. The molecule has 1 fully saturated rings. The van der Waals surface area contributed by atoms with Crippen LogP contribution in [0.5, 0.6) is 11.5 Å². The van der Waals surface area contributed by atoms with Crippen molar-refractivity contribution in [3.8, 4) is 11.5 Å². The van der Waals surface area contributed by atoms with Gasteiger partial charge in [-0.15, -0.1) is 0 Å². The molecule has 1 aliphatic heterocycles. The molecule has 0 atom stereocenters.